The number of rotatable bonds is 3. The smallest absolute Gasteiger partial charge is 0.257 e. The van der Waals surface area contributed by atoms with Crippen molar-refractivity contribution in [3.63, 3.8) is 0 Å². The molecule has 0 spiro atoms. The van der Waals surface area contributed by atoms with E-state index in [-0.39, 0.29) is 17.6 Å². The number of piperidine rings is 1. The summed E-state index contributed by atoms with van der Waals surface area (Å²) in [5.74, 6) is -2.30. The molecule has 0 saturated carbocycles. The van der Waals surface area contributed by atoms with Crippen LogP contribution in [0, 0.1) is 18.6 Å². The van der Waals surface area contributed by atoms with E-state index in [4.69, 9.17) is 0 Å². The minimum atomic E-state index is -0.825. The Labute approximate surface area is 117 Å². The molecule has 110 valence electrons. The lowest BCUT2D eigenvalue weighted by molar-refractivity contribution is 0.0919. The van der Waals surface area contributed by atoms with Gasteiger partial charge in [0.05, 0.1) is 0 Å². The van der Waals surface area contributed by atoms with Gasteiger partial charge in [0.2, 0.25) is 0 Å². The van der Waals surface area contributed by atoms with Crippen molar-refractivity contribution in [1.29, 1.82) is 0 Å². The van der Waals surface area contributed by atoms with Crippen LogP contribution < -0.4 is 10.6 Å². The number of carbonyl (C=O) groups excluding carboxylic acids is 1. The number of amides is 1. The van der Waals surface area contributed by atoms with Gasteiger partial charge in [-0.2, -0.15) is 0 Å². The van der Waals surface area contributed by atoms with Crippen LogP contribution in [0.5, 0.6) is 0 Å². The summed E-state index contributed by atoms with van der Waals surface area (Å²) in [4.78, 5) is 12.1. The Hall–Kier alpha value is -1.49. The second-order valence-corrected chi connectivity index (χ2v) is 5.37. The molecular weight excluding hydrogens is 262 g/mol. The molecule has 0 aliphatic carbocycles. The first kappa shape index (κ1) is 14.9. The molecule has 2 atom stereocenters. The average Bonchev–Trinajstić information content (AvgIpc) is 2.44. The van der Waals surface area contributed by atoms with E-state index in [1.54, 1.807) is 0 Å². The number of nitrogens with one attached hydrogen (secondary N) is 2. The summed E-state index contributed by atoms with van der Waals surface area (Å²) in [7, 11) is 0. The highest BCUT2D eigenvalue weighted by Gasteiger charge is 2.24. The van der Waals surface area contributed by atoms with Crippen molar-refractivity contribution in [1.82, 2.24) is 10.6 Å². The molecule has 1 aliphatic heterocycles. The number of hydrogen-bond acceptors (Lipinski definition) is 2. The SMILES string of the molecule is Cc1ccc(F)c(C(=O)NC(C)C2CCCCN2)c1F. The molecule has 1 aromatic rings. The Morgan fingerprint density at radius 2 is 2.15 bits per heavy atom. The number of hydrogen-bond donors (Lipinski definition) is 2. The topological polar surface area (TPSA) is 41.1 Å². The molecule has 20 heavy (non-hydrogen) atoms. The molecule has 1 amide bonds. The van der Waals surface area contributed by atoms with Gasteiger partial charge in [0.15, 0.2) is 0 Å². The minimum Gasteiger partial charge on any atom is -0.348 e. The van der Waals surface area contributed by atoms with Crippen molar-refractivity contribution in [3.8, 4) is 0 Å². The third-order valence-electron chi connectivity index (χ3n) is 3.82. The predicted octanol–water partition coefficient (Wildman–Crippen LogP) is 2.53. The Bertz CT molecular complexity index is 499. The molecule has 1 aliphatic rings. The zero-order valence-electron chi connectivity index (χ0n) is 11.8. The first-order valence-electron chi connectivity index (χ1n) is 6.99. The summed E-state index contributed by atoms with van der Waals surface area (Å²) in [6, 6.07) is 2.44. The Kier molecular flexibility index (Phi) is 4.70. The van der Waals surface area contributed by atoms with E-state index in [0.29, 0.717) is 0 Å². The third-order valence-corrected chi connectivity index (χ3v) is 3.82. The number of benzene rings is 1. The second-order valence-electron chi connectivity index (χ2n) is 5.37. The van der Waals surface area contributed by atoms with E-state index in [9.17, 15) is 13.6 Å². The first-order valence-corrected chi connectivity index (χ1v) is 6.99. The molecule has 0 radical (unpaired) electrons. The van der Waals surface area contributed by atoms with Crippen molar-refractivity contribution >= 4 is 5.91 Å². The Morgan fingerprint density at radius 3 is 2.80 bits per heavy atom. The molecule has 2 rings (SSSR count). The van der Waals surface area contributed by atoms with Gasteiger partial charge in [-0.05, 0) is 44.9 Å². The van der Waals surface area contributed by atoms with Crippen LogP contribution in [-0.2, 0) is 0 Å². The van der Waals surface area contributed by atoms with Crippen molar-refractivity contribution in [3.05, 3.63) is 34.9 Å². The highest BCUT2D eigenvalue weighted by atomic mass is 19.1. The molecular formula is C15H20F2N2O. The summed E-state index contributed by atoms with van der Waals surface area (Å²) >= 11 is 0. The monoisotopic (exact) mass is 282 g/mol. The predicted molar refractivity (Wildman–Crippen MR) is 73.7 cm³/mol. The number of aryl methyl sites for hydroxylation is 1. The van der Waals surface area contributed by atoms with Crippen molar-refractivity contribution < 1.29 is 13.6 Å². The van der Waals surface area contributed by atoms with E-state index in [0.717, 1.165) is 31.9 Å². The van der Waals surface area contributed by atoms with Gasteiger partial charge in [-0.1, -0.05) is 12.5 Å². The zero-order chi connectivity index (χ0) is 14.7. The molecule has 0 aromatic heterocycles. The summed E-state index contributed by atoms with van der Waals surface area (Å²) in [6.45, 7) is 4.28. The standard InChI is InChI=1S/C15H20F2N2O/c1-9-6-7-11(16)13(14(9)17)15(20)19-10(2)12-5-3-4-8-18-12/h6-7,10,12,18H,3-5,8H2,1-2H3,(H,19,20). The van der Waals surface area contributed by atoms with Gasteiger partial charge in [0.1, 0.15) is 17.2 Å². The van der Waals surface area contributed by atoms with E-state index < -0.39 is 23.1 Å². The molecule has 1 saturated heterocycles. The van der Waals surface area contributed by atoms with Crippen LogP contribution in [0.4, 0.5) is 8.78 Å². The van der Waals surface area contributed by atoms with Gasteiger partial charge in [-0.25, -0.2) is 8.78 Å². The second kappa shape index (κ2) is 6.31. The summed E-state index contributed by atoms with van der Waals surface area (Å²) in [5, 5.41) is 6.01. The molecule has 3 nitrogen and oxygen atoms in total. The van der Waals surface area contributed by atoms with E-state index in [2.05, 4.69) is 10.6 Å². The fourth-order valence-corrected chi connectivity index (χ4v) is 2.55. The van der Waals surface area contributed by atoms with Crippen LogP contribution in [0.2, 0.25) is 0 Å². The zero-order valence-corrected chi connectivity index (χ0v) is 11.8. The molecule has 1 fully saturated rings. The van der Waals surface area contributed by atoms with E-state index in [1.807, 2.05) is 6.92 Å². The van der Waals surface area contributed by atoms with E-state index in [1.165, 1.54) is 13.0 Å². The molecule has 1 aromatic carbocycles. The van der Waals surface area contributed by atoms with Gasteiger partial charge in [-0.3, -0.25) is 4.79 Å². The molecule has 5 heteroatoms. The lowest BCUT2D eigenvalue weighted by Gasteiger charge is -2.29. The maximum atomic E-state index is 13.9. The molecule has 2 unspecified atom stereocenters. The number of halogens is 2. The quantitative estimate of drug-likeness (QED) is 0.894. The molecule has 1 heterocycles. The van der Waals surface area contributed by atoms with Gasteiger partial charge in [-0.15, -0.1) is 0 Å². The normalized spacial score (nSPS) is 20.5. The van der Waals surface area contributed by atoms with Crippen LogP contribution in [0.15, 0.2) is 12.1 Å². The van der Waals surface area contributed by atoms with E-state index >= 15 is 0 Å². The lowest BCUT2D eigenvalue weighted by Crippen LogP contribution is -2.50. The van der Waals surface area contributed by atoms with Gasteiger partial charge in [0.25, 0.3) is 5.91 Å². The van der Waals surface area contributed by atoms with Crippen LogP contribution in [0.1, 0.15) is 42.1 Å². The summed E-state index contributed by atoms with van der Waals surface area (Å²) in [5.41, 5.74) is -0.229. The van der Waals surface area contributed by atoms with Crippen LogP contribution in [-0.4, -0.2) is 24.5 Å². The van der Waals surface area contributed by atoms with Gasteiger partial charge >= 0.3 is 0 Å². The molecule has 2 N–H and O–H groups in total. The van der Waals surface area contributed by atoms with Gasteiger partial charge < -0.3 is 10.6 Å². The highest BCUT2D eigenvalue weighted by Crippen LogP contribution is 2.17. The Morgan fingerprint density at radius 1 is 1.40 bits per heavy atom. The number of carbonyl (C=O) groups is 1. The maximum absolute atomic E-state index is 13.9. The first-order chi connectivity index (χ1) is 9.50. The van der Waals surface area contributed by atoms with Crippen LogP contribution in [0.3, 0.4) is 0 Å². The fourth-order valence-electron chi connectivity index (χ4n) is 2.55. The third kappa shape index (κ3) is 3.15. The fraction of sp³-hybridized carbons (Fsp3) is 0.533. The van der Waals surface area contributed by atoms with Crippen molar-refractivity contribution in [2.75, 3.05) is 6.54 Å². The van der Waals surface area contributed by atoms with Crippen molar-refractivity contribution in [2.45, 2.75) is 45.2 Å². The lowest BCUT2D eigenvalue weighted by atomic mass is 9.98. The maximum Gasteiger partial charge on any atom is 0.257 e. The summed E-state index contributed by atoms with van der Waals surface area (Å²) < 4.78 is 27.5. The average molecular weight is 282 g/mol. The largest absolute Gasteiger partial charge is 0.348 e. The van der Waals surface area contributed by atoms with Crippen LogP contribution >= 0.6 is 0 Å². The minimum absolute atomic E-state index is 0.156. The Balaban J connectivity index is 2.10. The summed E-state index contributed by atoms with van der Waals surface area (Å²) in [6.07, 6.45) is 3.18. The van der Waals surface area contributed by atoms with Crippen molar-refractivity contribution in [2.24, 2.45) is 0 Å². The highest BCUT2D eigenvalue weighted by molar-refractivity contribution is 5.95. The van der Waals surface area contributed by atoms with Gasteiger partial charge in [0, 0.05) is 12.1 Å². The molecule has 0 bridgehead atoms. The van der Waals surface area contributed by atoms with Crippen LogP contribution in [0.25, 0.3) is 0 Å².